The number of rotatable bonds is 4. The zero-order valence-corrected chi connectivity index (χ0v) is 11.8. The van der Waals surface area contributed by atoms with Gasteiger partial charge in [-0.2, -0.15) is 0 Å². The third kappa shape index (κ3) is 4.43. The lowest BCUT2D eigenvalue weighted by Crippen LogP contribution is -2.38. The maximum atomic E-state index is 11.8. The summed E-state index contributed by atoms with van der Waals surface area (Å²) >= 11 is 0. The molecule has 0 bridgehead atoms. The Labute approximate surface area is 118 Å². The fourth-order valence-electron chi connectivity index (χ4n) is 2.70. The summed E-state index contributed by atoms with van der Waals surface area (Å²) in [5.74, 6) is 0.787. The summed E-state index contributed by atoms with van der Waals surface area (Å²) < 4.78 is 0. The molecular weight excluding hydrogens is 258 g/mol. The van der Waals surface area contributed by atoms with E-state index in [9.17, 15) is 14.4 Å². The van der Waals surface area contributed by atoms with Gasteiger partial charge >= 0.3 is 6.03 Å². The number of nitrogens with zero attached hydrogens (tertiary/aromatic N) is 1. The summed E-state index contributed by atoms with van der Waals surface area (Å²) in [5, 5.41) is 4.95. The van der Waals surface area contributed by atoms with Gasteiger partial charge < -0.3 is 5.32 Å². The molecule has 0 saturated heterocycles. The third-order valence-corrected chi connectivity index (χ3v) is 3.96. The SMILES string of the molecule is CC1CCC(CNC(=O)CC2=NC(=O)NC(=O)C2)CC1. The third-order valence-electron chi connectivity index (χ3n) is 3.96. The van der Waals surface area contributed by atoms with E-state index in [1.165, 1.54) is 12.8 Å². The lowest BCUT2D eigenvalue weighted by atomic mass is 9.83. The fourth-order valence-corrected chi connectivity index (χ4v) is 2.70. The van der Waals surface area contributed by atoms with E-state index in [0.29, 0.717) is 18.2 Å². The lowest BCUT2D eigenvalue weighted by molar-refractivity contribution is -0.120. The van der Waals surface area contributed by atoms with E-state index >= 15 is 0 Å². The van der Waals surface area contributed by atoms with Gasteiger partial charge in [-0.05, 0) is 24.7 Å². The van der Waals surface area contributed by atoms with Crippen LogP contribution in [-0.4, -0.2) is 30.1 Å². The van der Waals surface area contributed by atoms with Crippen molar-refractivity contribution in [1.29, 1.82) is 0 Å². The quantitative estimate of drug-likeness (QED) is 0.815. The van der Waals surface area contributed by atoms with Crippen molar-refractivity contribution in [2.45, 2.75) is 45.4 Å². The predicted molar refractivity (Wildman–Crippen MR) is 74.3 cm³/mol. The smallest absolute Gasteiger partial charge is 0.347 e. The average Bonchev–Trinajstić information content (AvgIpc) is 2.37. The molecule has 4 amide bonds. The van der Waals surface area contributed by atoms with Gasteiger partial charge in [0, 0.05) is 12.3 Å². The molecule has 0 atom stereocenters. The molecule has 6 nitrogen and oxygen atoms in total. The summed E-state index contributed by atoms with van der Waals surface area (Å²) in [4.78, 5) is 37.7. The Kier molecular flexibility index (Phi) is 4.87. The number of hydrogen-bond donors (Lipinski definition) is 2. The standard InChI is InChI=1S/C14H21N3O3/c1-9-2-4-10(5-3-9)8-15-12(18)6-11-7-13(19)17-14(20)16-11/h9-10H,2-8H2,1H3,(H,15,18)(H,17,19,20). The monoisotopic (exact) mass is 279 g/mol. The number of hydrogen-bond acceptors (Lipinski definition) is 3. The molecule has 0 unspecified atom stereocenters. The highest BCUT2D eigenvalue weighted by Crippen LogP contribution is 2.27. The Morgan fingerprint density at radius 2 is 2.00 bits per heavy atom. The van der Waals surface area contributed by atoms with Crippen molar-refractivity contribution in [3.63, 3.8) is 0 Å². The second-order valence-corrected chi connectivity index (χ2v) is 5.81. The van der Waals surface area contributed by atoms with Crippen LogP contribution in [0.3, 0.4) is 0 Å². The van der Waals surface area contributed by atoms with Crippen LogP contribution in [-0.2, 0) is 9.59 Å². The van der Waals surface area contributed by atoms with Crippen molar-refractivity contribution in [2.75, 3.05) is 6.54 Å². The molecule has 0 aromatic carbocycles. The topological polar surface area (TPSA) is 87.6 Å². The van der Waals surface area contributed by atoms with Gasteiger partial charge in [0.25, 0.3) is 0 Å². The van der Waals surface area contributed by atoms with Crippen LogP contribution in [0.1, 0.15) is 45.4 Å². The first-order chi connectivity index (χ1) is 9.52. The Morgan fingerprint density at radius 1 is 1.30 bits per heavy atom. The molecule has 1 heterocycles. The summed E-state index contributed by atoms with van der Waals surface area (Å²) in [6.45, 7) is 2.94. The largest absolute Gasteiger partial charge is 0.355 e. The highest BCUT2D eigenvalue weighted by Gasteiger charge is 2.21. The Bertz CT molecular complexity index is 437. The number of aliphatic imine (C=N–C) groups is 1. The molecule has 2 rings (SSSR count). The molecule has 0 aromatic rings. The Hall–Kier alpha value is -1.72. The molecule has 2 aliphatic rings. The van der Waals surface area contributed by atoms with E-state index in [4.69, 9.17) is 0 Å². The highest BCUT2D eigenvalue weighted by molar-refractivity contribution is 6.18. The molecule has 1 aliphatic carbocycles. The lowest BCUT2D eigenvalue weighted by Gasteiger charge is -2.26. The minimum atomic E-state index is -0.676. The van der Waals surface area contributed by atoms with Crippen LogP contribution in [0.25, 0.3) is 0 Å². The molecule has 0 spiro atoms. The zero-order chi connectivity index (χ0) is 14.5. The van der Waals surface area contributed by atoms with E-state index in [1.54, 1.807) is 0 Å². The first-order valence-corrected chi connectivity index (χ1v) is 7.20. The summed E-state index contributed by atoms with van der Waals surface area (Å²) in [6, 6.07) is -0.676. The van der Waals surface area contributed by atoms with Crippen molar-refractivity contribution in [1.82, 2.24) is 10.6 Å². The van der Waals surface area contributed by atoms with Gasteiger partial charge in [-0.3, -0.25) is 14.9 Å². The van der Waals surface area contributed by atoms with Gasteiger partial charge in [-0.1, -0.05) is 19.8 Å². The normalized spacial score (nSPS) is 26.8. The van der Waals surface area contributed by atoms with E-state index in [1.807, 2.05) is 0 Å². The van der Waals surface area contributed by atoms with E-state index in [0.717, 1.165) is 18.8 Å². The number of urea groups is 1. The van der Waals surface area contributed by atoms with Crippen LogP contribution < -0.4 is 10.6 Å². The van der Waals surface area contributed by atoms with E-state index in [-0.39, 0.29) is 18.7 Å². The number of amides is 4. The molecule has 110 valence electrons. The fraction of sp³-hybridized carbons (Fsp3) is 0.714. The second kappa shape index (κ2) is 6.63. The van der Waals surface area contributed by atoms with Gasteiger partial charge in [0.2, 0.25) is 11.8 Å². The molecule has 1 saturated carbocycles. The average molecular weight is 279 g/mol. The van der Waals surface area contributed by atoms with Gasteiger partial charge in [0.1, 0.15) is 0 Å². The minimum absolute atomic E-state index is 0.0279. The van der Waals surface area contributed by atoms with Gasteiger partial charge in [0.15, 0.2) is 0 Å². The Balaban J connectivity index is 1.73. The first kappa shape index (κ1) is 14.7. The minimum Gasteiger partial charge on any atom is -0.355 e. The highest BCUT2D eigenvalue weighted by atomic mass is 16.2. The number of imide groups is 1. The van der Waals surface area contributed by atoms with E-state index < -0.39 is 11.9 Å². The summed E-state index contributed by atoms with van der Waals surface area (Å²) in [5.41, 5.74) is 0.341. The van der Waals surface area contributed by atoms with Gasteiger partial charge in [-0.25, -0.2) is 9.79 Å². The molecule has 20 heavy (non-hydrogen) atoms. The summed E-state index contributed by atoms with van der Waals surface area (Å²) in [6.07, 6.45) is 4.82. The van der Waals surface area contributed by atoms with Crippen LogP contribution >= 0.6 is 0 Å². The number of nitrogens with one attached hydrogen (secondary N) is 2. The van der Waals surface area contributed by atoms with Crippen molar-refractivity contribution < 1.29 is 14.4 Å². The molecule has 6 heteroatoms. The maximum absolute atomic E-state index is 11.8. The summed E-state index contributed by atoms with van der Waals surface area (Å²) in [7, 11) is 0. The maximum Gasteiger partial charge on any atom is 0.347 e. The van der Waals surface area contributed by atoms with Crippen LogP contribution in [0.4, 0.5) is 4.79 Å². The van der Waals surface area contributed by atoms with Crippen molar-refractivity contribution in [3.05, 3.63) is 0 Å². The number of carbonyl (C=O) groups excluding carboxylic acids is 3. The predicted octanol–water partition coefficient (Wildman–Crippen LogP) is 1.40. The van der Waals surface area contributed by atoms with Crippen molar-refractivity contribution in [2.24, 2.45) is 16.8 Å². The first-order valence-electron chi connectivity index (χ1n) is 7.20. The second-order valence-electron chi connectivity index (χ2n) is 5.81. The molecular formula is C14H21N3O3. The van der Waals surface area contributed by atoms with Crippen molar-refractivity contribution in [3.8, 4) is 0 Å². The zero-order valence-electron chi connectivity index (χ0n) is 11.8. The molecule has 1 fully saturated rings. The van der Waals surface area contributed by atoms with Crippen LogP contribution in [0.5, 0.6) is 0 Å². The van der Waals surface area contributed by atoms with Gasteiger partial charge in [-0.15, -0.1) is 0 Å². The van der Waals surface area contributed by atoms with Gasteiger partial charge in [0.05, 0.1) is 12.8 Å². The number of carbonyl (C=O) groups is 3. The van der Waals surface area contributed by atoms with Crippen LogP contribution in [0.15, 0.2) is 4.99 Å². The van der Waals surface area contributed by atoms with Crippen LogP contribution in [0.2, 0.25) is 0 Å². The molecule has 0 radical (unpaired) electrons. The van der Waals surface area contributed by atoms with Crippen LogP contribution in [0, 0.1) is 11.8 Å². The van der Waals surface area contributed by atoms with E-state index in [2.05, 4.69) is 22.5 Å². The molecule has 2 N–H and O–H groups in total. The Morgan fingerprint density at radius 3 is 2.65 bits per heavy atom. The molecule has 0 aromatic heterocycles. The van der Waals surface area contributed by atoms with Crippen molar-refractivity contribution >= 4 is 23.6 Å². The molecule has 1 aliphatic heterocycles.